The number of benzene rings is 1. The van der Waals surface area contributed by atoms with Crippen molar-refractivity contribution in [3.8, 4) is 17.2 Å². The number of ether oxygens (including phenoxy) is 4. The second-order valence-corrected chi connectivity index (χ2v) is 5.78. The van der Waals surface area contributed by atoms with Crippen molar-refractivity contribution in [1.29, 1.82) is 0 Å². The van der Waals surface area contributed by atoms with Crippen molar-refractivity contribution >= 4 is 35.0 Å². The summed E-state index contributed by atoms with van der Waals surface area (Å²) >= 11 is 0.726. The maximum Gasteiger partial charge on any atom is 0.325 e. The van der Waals surface area contributed by atoms with Gasteiger partial charge in [-0.1, -0.05) is 0 Å². The van der Waals surface area contributed by atoms with Crippen molar-refractivity contribution in [1.82, 2.24) is 4.90 Å². The highest BCUT2D eigenvalue weighted by Gasteiger charge is 2.37. The third-order valence-electron chi connectivity index (χ3n) is 3.42. The Morgan fingerprint density at radius 1 is 1.08 bits per heavy atom. The lowest BCUT2D eigenvalue weighted by Crippen LogP contribution is -2.34. The van der Waals surface area contributed by atoms with Crippen LogP contribution in [0.15, 0.2) is 17.0 Å². The number of nitrogens with zero attached hydrogens (tertiary/aromatic N) is 1. The van der Waals surface area contributed by atoms with Crippen molar-refractivity contribution < 1.29 is 33.3 Å². The molecule has 2 rings (SSSR count). The van der Waals surface area contributed by atoms with Gasteiger partial charge in [-0.05, 0) is 17.8 Å². The second-order valence-electron chi connectivity index (χ2n) is 4.79. The average Bonchev–Trinajstić information content (AvgIpc) is 2.88. The second kappa shape index (κ2) is 7.93. The van der Waals surface area contributed by atoms with E-state index in [-0.39, 0.29) is 4.91 Å². The van der Waals surface area contributed by atoms with E-state index in [1.54, 1.807) is 12.1 Å². The Bertz CT molecular complexity index is 719. The first-order chi connectivity index (χ1) is 11.9. The van der Waals surface area contributed by atoms with Crippen LogP contribution in [0.2, 0.25) is 0 Å². The number of amides is 2. The molecule has 9 heteroatoms. The van der Waals surface area contributed by atoms with Gasteiger partial charge in [0, 0.05) is 12.1 Å². The van der Waals surface area contributed by atoms with E-state index in [2.05, 4.69) is 4.74 Å². The first kappa shape index (κ1) is 18.7. The monoisotopic (exact) mass is 367 g/mol. The maximum atomic E-state index is 12.4. The molecule has 1 heterocycles. The van der Waals surface area contributed by atoms with Gasteiger partial charge in [0.2, 0.25) is 0 Å². The molecular formula is C16H17NO7S. The molecule has 0 atom stereocenters. The fourth-order valence-corrected chi connectivity index (χ4v) is 2.96. The Hall–Kier alpha value is -2.68. The number of rotatable bonds is 6. The average molecular weight is 367 g/mol. The summed E-state index contributed by atoms with van der Waals surface area (Å²) in [6.07, 6.45) is 1.49. The normalized spacial score (nSPS) is 15.5. The molecule has 0 unspecified atom stereocenters. The lowest BCUT2D eigenvalue weighted by atomic mass is 10.1. The summed E-state index contributed by atoms with van der Waals surface area (Å²) < 4.78 is 20.3. The van der Waals surface area contributed by atoms with Crippen molar-refractivity contribution in [3.63, 3.8) is 0 Å². The lowest BCUT2D eigenvalue weighted by molar-refractivity contribution is -0.143. The zero-order chi connectivity index (χ0) is 18.6. The SMILES string of the molecule is COC(=O)CN1C(=O)S/C(=C/c2c(OC)cc(OC)cc2OC)C1=O. The van der Waals surface area contributed by atoms with Gasteiger partial charge in [0.25, 0.3) is 11.1 Å². The molecule has 1 saturated heterocycles. The zero-order valence-electron chi connectivity index (χ0n) is 14.2. The number of thioether (sulfide) groups is 1. The van der Waals surface area contributed by atoms with Crippen LogP contribution in [0.4, 0.5) is 4.79 Å². The first-order valence-corrected chi connectivity index (χ1v) is 7.89. The smallest absolute Gasteiger partial charge is 0.325 e. The minimum atomic E-state index is -0.678. The third kappa shape index (κ3) is 3.87. The fraction of sp³-hybridized carbons (Fsp3) is 0.312. The van der Waals surface area contributed by atoms with E-state index in [1.807, 2.05) is 0 Å². The van der Waals surface area contributed by atoms with Gasteiger partial charge in [0.05, 0.1) is 38.9 Å². The van der Waals surface area contributed by atoms with E-state index in [9.17, 15) is 14.4 Å². The van der Waals surface area contributed by atoms with E-state index in [0.29, 0.717) is 22.8 Å². The standard InChI is InChI=1S/C16H17NO7S/c1-21-9-5-11(22-2)10(12(6-9)23-3)7-13-15(19)17(16(20)25-13)8-14(18)24-4/h5-7H,8H2,1-4H3/b13-7+. The van der Waals surface area contributed by atoms with Crippen molar-refractivity contribution in [2.45, 2.75) is 0 Å². The summed E-state index contributed by atoms with van der Waals surface area (Å²) in [5.74, 6) is 0.0834. The lowest BCUT2D eigenvalue weighted by Gasteiger charge is -2.13. The minimum absolute atomic E-state index is 0.149. The summed E-state index contributed by atoms with van der Waals surface area (Å²) in [5.41, 5.74) is 0.481. The number of carbonyl (C=O) groups excluding carboxylic acids is 3. The van der Waals surface area contributed by atoms with Gasteiger partial charge in [0.1, 0.15) is 23.8 Å². The van der Waals surface area contributed by atoms with Gasteiger partial charge in [0.15, 0.2) is 0 Å². The summed E-state index contributed by atoms with van der Waals surface area (Å²) in [6, 6.07) is 3.26. The number of carbonyl (C=O) groups is 3. The van der Waals surface area contributed by atoms with Gasteiger partial charge >= 0.3 is 5.97 Å². The topological polar surface area (TPSA) is 91.4 Å². The van der Waals surface area contributed by atoms with Gasteiger partial charge in [-0.2, -0.15) is 0 Å². The minimum Gasteiger partial charge on any atom is -0.496 e. The van der Waals surface area contributed by atoms with Crippen LogP contribution in [0.3, 0.4) is 0 Å². The van der Waals surface area contributed by atoms with Gasteiger partial charge < -0.3 is 18.9 Å². The molecule has 1 aliphatic rings. The van der Waals surface area contributed by atoms with Crippen LogP contribution in [-0.4, -0.2) is 57.0 Å². The Kier molecular flexibility index (Phi) is 5.92. The van der Waals surface area contributed by atoms with Crippen molar-refractivity contribution in [2.24, 2.45) is 0 Å². The van der Waals surface area contributed by atoms with Crippen molar-refractivity contribution in [3.05, 3.63) is 22.6 Å². The molecule has 0 aromatic heterocycles. The summed E-state index contributed by atoms with van der Waals surface area (Å²) in [5, 5.41) is -0.548. The van der Waals surface area contributed by atoms with Crippen LogP contribution in [0.1, 0.15) is 5.56 Å². The first-order valence-electron chi connectivity index (χ1n) is 7.07. The van der Waals surface area contributed by atoms with Crippen molar-refractivity contribution in [2.75, 3.05) is 35.0 Å². The maximum absolute atomic E-state index is 12.4. The van der Waals surface area contributed by atoms with E-state index in [4.69, 9.17) is 14.2 Å². The summed E-state index contributed by atoms with van der Waals surface area (Å²) in [7, 11) is 5.62. The molecule has 25 heavy (non-hydrogen) atoms. The summed E-state index contributed by atoms with van der Waals surface area (Å²) in [6.45, 7) is -0.435. The number of hydrogen-bond acceptors (Lipinski definition) is 8. The van der Waals surface area contributed by atoms with Crippen LogP contribution < -0.4 is 14.2 Å². The number of methoxy groups -OCH3 is 4. The Balaban J connectivity index is 2.42. The quantitative estimate of drug-likeness (QED) is 0.556. The number of hydrogen-bond donors (Lipinski definition) is 0. The Morgan fingerprint density at radius 3 is 2.16 bits per heavy atom. The molecule has 0 N–H and O–H groups in total. The van der Waals surface area contributed by atoms with E-state index >= 15 is 0 Å². The predicted molar refractivity (Wildman–Crippen MR) is 90.8 cm³/mol. The molecule has 1 aromatic rings. The molecule has 1 aromatic carbocycles. The van der Waals surface area contributed by atoms with E-state index in [0.717, 1.165) is 16.7 Å². The van der Waals surface area contributed by atoms with Gasteiger partial charge in [-0.3, -0.25) is 19.3 Å². The highest BCUT2D eigenvalue weighted by molar-refractivity contribution is 8.18. The largest absolute Gasteiger partial charge is 0.496 e. The molecule has 1 fully saturated rings. The molecule has 2 amide bonds. The highest BCUT2D eigenvalue weighted by atomic mass is 32.2. The van der Waals surface area contributed by atoms with Crippen LogP contribution >= 0.6 is 11.8 Å². The van der Waals surface area contributed by atoms with Gasteiger partial charge in [-0.15, -0.1) is 0 Å². The molecular weight excluding hydrogens is 350 g/mol. The molecule has 0 aliphatic carbocycles. The molecule has 134 valence electrons. The summed E-state index contributed by atoms with van der Waals surface area (Å²) in [4.78, 5) is 36.7. The molecule has 0 spiro atoms. The molecule has 1 aliphatic heterocycles. The number of imide groups is 1. The molecule has 0 radical (unpaired) electrons. The van der Waals surface area contributed by atoms with Crippen LogP contribution in [0.5, 0.6) is 17.2 Å². The fourth-order valence-electron chi connectivity index (χ4n) is 2.14. The Morgan fingerprint density at radius 2 is 1.68 bits per heavy atom. The van der Waals surface area contributed by atoms with Crippen LogP contribution in [0.25, 0.3) is 6.08 Å². The van der Waals surface area contributed by atoms with Crippen LogP contribution in [-0.2, 0) is 14.3 Å². The molecule has 0 saturated carbocycles. The molecule has 0 bridgehead atoms. The predicted octanol–water partition coefficient (Wildman–Crippen LogP) is 1.92. The van der Waals surface area contributed by atoms with Crippen LogP contribution in [0, 0.1) is 0 Å². The number of esters is 1. The van der Waals surface area contributed by atoms with Gasteiger partial charge in [-0.25, -0.2) is 0 Å². The third-order valence-corrected chi connectivity index (χ3v) is 4.32. The Labute approximate surface area is 148 Å². The van der Waals surface area contributed by atoms with E-state index < -0.39 is 23.7 Å². The highest BCUT2D eigenvalue weighted by Crippen LogP contribution is 2.39. The zero-order valence-corrected chi connectivity index (χ0v) is 15.0. The molecule has 8 nitrogen and oxygen atoms in total. The van der Waals surface area contributed by atoms with E-state index in [1.165, 1.54) is 34.5 Å².